The van der Waals surface area contributed by atoms with Gasteiger partial charge in [-0.25, -0.2) is 4.98 Å². The number of H-pyrrole nitrogens is 1. The number of rotatable bonds is 7. The number of nitrogens with zero attached hydrogens (tertiary/aromatic N) is 3. The molecule has 1 fully saturated rings. The van der Waals surface area contributed by atoms with Gasteiger partial charge < -0.3 is 15.4 Å². The van der Waals surface area contributed by atoms with Gasteiger partial charge in [0.1, 0.15) is 5.75 Å². The van der Waals surface area contributed by atoms with Gasteiger partial charge in [0.25, 0.3) is 0 Å². The van der Waals surface area contributed by atoms with Crippen molar-refractivity contribution in [1.29, 1.82) is 0 Å². The molecule has 2 aromatic heterocycles. The standard InChI is InChI=1S/C18H19BrN6O/c1-26-13-6-2-11(3-7-13)9-20-18-21-10-14(19)17(23-18)22-16-8-15(24-25-16)12-4-5-12/h2-3,6-8,10,12H,4-5,9H2,1H3,(H3,20,21,22,23,24,25). The van der Waals surface area contributed by atoms with Gasteiger partial charge in [0.05, 0.1) is 11.6 Å². The summed E-state index contributed by atoms with van der Waals surface area (Å²) in [5, 5.41) is 13.8. The first-order valence-electron chi connectivity index (χ1n) is 8.43. The van der Waals surface area contributed by atoms with E-state index in [2.05, 4.69) is 46.7 Å². The number of anilines is 3. The van der Waals surface area contributed by atoms with Gasteiger partial charge in [-0.2, -0.15) is 10.1 Å². The Morgan fingerprint density at radius 2 is 2.08 bits per heavy atom. The Bertz CT molecular complexity index is 891. The van der Waals surface area contributed by atoms with Crippen LogP contribution in [0.15, 0.2) is 41.0 Å². The minimum Gasteiger partial charge on any atom is -0.497 e. The number of nitrogens with one attached hydrogen (secondary N) is 3. The molecule has 134 valence electrons. The zero-order chi connectivity index (χ0) is 17.9. The number of halogens is 1. The summed E-state index contributed by atoms with van der Waals surface area (Å²) in [4.78, 5) is 8.84. The van der Waals surface area contributed by atoms with E-state index in [1.807, 2.05) is 30.3 Å². The van der Waals surface area contributed by atoms with Crippen molar-refractivity contribution >= 4 is 33.5 Å². The van der Waals surface area contributed by atoms with Gasteiger partial charge in [-0.05, 0) is 46.5 Å². The monoisotopic (exact) mass is 414 g/mol. The maximum absolute atomic E-state index is 5.17. The smallest absolute Gasteiger partial charge is 0.224 e. The van der Waals surface area contributed by atoms with E-state index in [-0.39, 0.29) is 0 Å². The Morgan fingerprint density at radius 1 is 1.27 bits per heavy atom. The topological polar surface area (TPSA) is 87.8 Å². The quantitative estimate of drug-likeness (QED) is 0.536. The predicted octanol–water partition coefficient (Wildman–Crippen LogP) is 4.20. The summed E-state index contributed by atoms with van der Waals surface area (Å²) in [6.07, 6.45) is 4.19. The molecule has 1 saturated carbocycles. The van der Waals surface area contributed by atoms with Crippen LogP contribution in [0, 0.1) is 0 Å². The highest BCUT2D eigenvalue weighted by Crippen LogP contribution is 2.39. The fraction of sp³-hybridized carbons (Fsp3) is 0.278. The first kappa shape index (κ1) is 16.8. The largest absolute Gasteiger partial charge is 0.497 e. The van der Waals surface area contributed by atoms with Gasteiger partial charge in [-0.1, -0.05) is 12.1 Å². The van der Waals surface area contributed by atoms with E-state index in [4.69, 9.17) is 4.74 Å². The lowest BCUT2D eigenvalue weighted by atomic mass is 10.2. The molecule has 0 bridgehead atoms. The molecule has 1 aliphatic carbocycles. The zero-order valence-corrected chi connectivity index (χ0v) is 15.9. The fourth-order valence-electron chi connectivity index (χ4n) is 2.59. The van der Waals surface area contributed by atoms with Crippen molar-refractivity contribution in [2.24, 2.45) is 0 Å². The van der Waals surface area contributed by atoms with Gasteiger partial charge >= 0.3 is 0 Å². The van der Waals surface area contributed by atoms with Crippen LogP contribution in [-0.2, 0) is 6.54 Å². The van der Waals surface area contributed by atoms with Gasteiger partial charge in [-0.3, -0.25) is 5.10 Å². The number of benzene rings is 1. The van der Waals surface area contributed by atoms with Crippen LogP contribution in [-0.4, -0.2) is 27.3 Å². The molecular formula is C18H19BrN6O. The summed E-state index contributed by atoms with van der Waals surface area (Å²) < 4.78 is 5.95. The first-order chi connectivity index (χ1) is 12.7. The molecule has 0 spiro atoms. The van der Waals surface area contributed by atoms with Gasteiger partial charge in [0.15, 0.2) is 11.6 Å². The van der Waals surface area contributed by atoms with Crippen LogP contribution in [0.25, 0.3) is 0 Å². The fourth-order valence-corrected chi connectivity index (χ4v) is 2.88. The summed E-state index contributed by atoms with van der Waals surface area (Å²) in [5.74, 6) is 3.45. The molecule has 7 nitrogen and oxygen atoms in total. The van der Waals surface area contributed by atoms with E-state index < -0.39 is 0 Å². The molecule has 3 aromatic rings. The lowest BCUT2D eigenvalue weighted by Gasteiger charge is -2.09. The zero-order valence-electron chi connectivity index (χ0n) is 14.3. The molecule has 1 aromatic carbocycles. The number of ether oxygens (including phenoxy) is 1. The number of hydrogen-bond acceptors (Lipinski definition) is 6. The Hall–Kier alpha value is -2.61. The molecular weight excluding hydrogens is 396 g/mol. The Morgan fingerprint density at radius 3 is 2.81 bits per heavy atom. The van der Waals surface area contributed by atoms with E-state index in [1.54, 1.807) is 13.3 Å². The number of aromatic nitrogens is 4. The molecule has 1 aliphatic rings. The van der Waals surface area contributed by atoms with Crippen LogP contribution in [0.4, 0.5) is 17.6 Å². The van der Waals surface area contributed by atoms with Crippen molar-refractivity contribution < 1.29 is 4.74 Å². The van der Waals surface area contributed by atoms with Crippen LogP contribution in [0.2, 0.25) is 0 Å². The minimum absolute atomic E-state index is 0.546. The molecule has 0 aliphatic heterocycles. The highest BCUT2D eigenvalue weighted by molar-refractivity contribution is 9.10. The highest BCUT2D eigenvalue weighted by atomic mass is 79.9. The SMILES string of the molecule is COc1ccc(CNc2ncc(Br)c(Nc3cc(C4CC4)[nH]n3)n2)cc1. The molecule has 8 heteroatoms. The van der Waals surface area contributed by atoms with Gasteiger partial charge in [-0.15, -0.1) is 0 Å². The van der Waals surface area contributed by atoms with Crippen LogP contribution in [0.5, 0.6) is 5.75 Å². The van der Waals surface area contributed by atoms with Crippen molar-refractivity contribution in [3.8, 4) is 5.75 Å². The van der Waals surface area contributed by atoms with Crippen molar-refractivity contribution in [1.82, 2.24) is 20.2 Å². The molecule has 4 rings (SSSR count). The number of aromatic amines is 1. The van der Waals surface area contributed by atoms with Crippen LogP contribution in [0.3, 0.4) is 0 Å². The summed E-state index contributed by atoms with van der Waals surface area (Å²) >= 11 is 3.48. The molecule has 0 radical (unpaired) electrons. The molecule has 0 unspecified atom stereocenters. The summed E-state index contributed by atoms with van der Waals surface area (Å²) in [5.41, 5.74) is 2.30. The summed E-state index contributed by atoms with van der Waals surface area (Å²) in [6.45, 7) is 0.624. The van der Waals surface area contributed by atoms with E-state index in [1.165, 1.54) is 18.5 Å². The maximum Gasteiger partial charge on any atom is 0.224 e. The molecule has 0 atom stereocenters. The van der Waals surface area contributed by atoms with E-state index in [0.717, 1.165) is 21.6 Å². The third kappa shape index (κ3) is 3.96. The van der Waals surface area contributed by atoms with Crippen molar-refractivity contribution in [2.45, 2.75) is 25.3 Å². The van der Waals surface area contributed by atoms with Crippen LogP contribution in [0.1, 0.15) is 30.0 Å². The average molecular weight is 415 g/mol. The second-order valence-electron chi connectivity index (χ2n) is 6.20. The minimum atomic E-state index is 0.546. The number of hydrogen-bond donors (Lipinski definition) is 3. The second kappa shape index (κ2) is 7.33. The first-order valence-corrected chi connectivity index (χ1v) is 9.22. The second-order valence-corrected chi connectivity index (χ2v) is 7.05. The van der Waals surface area contributed by atoms with Gasteiger partial charge in [0.2, 0.25) is 5.95 Å². The van der Waals surface area contributed by atoms with Crippen molar-refractivity contribution in [3.05, 3.63) is 52.3 Å². The lowest BCUT2D eigenvalue weighted by Crippen LogP contribution is -2.05. The van der Waals surface area contributed by atoms with E-state index in [0.29, 0.717) is 24.2 Å². The number of methoxy groups -OCH3 is 1. The van der Waals surface area contributed by atoms with Crippen LogP contribution < -0.4 is 15.4 Å². The van der Waals surface area contributed by atoms with E-state index >= 15 is 0 Å². The summed E-state index contributed by atoms with van der Waals surface area (Å²) in [6, 6.07) is 9.92. The molecule has 3 N–H and O–H groups in total. The summed E-state index contributed by atoms with van der Waals surface area (Å²) in [7, 11) is 1.66. The normalized spacial score (nSPS) is 13.5. The maximum atomic E-state index is 5.17. The van der Waals surface area contributed by atoms with Crippen LogP contribution >= 0.6 is 15.9 Å². The Labute approximate surface area is 159 Å². The molecule has 0 amide bonds. The van der Waals surface area contributed by atoms with Crippen molar-refractivity contribution in [3.63, 3.8) is 0 Å². The molecule has 0 saturated heterocycles. The molecule has 26 heavy (non-hydrogen) atoms. The van der Waals surface area contributed by atoms with E-state index in [9.17, 15) is 0 Å². The Kier molecular flexibility index (Phi) is 4.75. The average Bonchev–Trinajstić information content (AvgIpc) is 3.42. The van der Waals surface area contributed by atoms with Gasteiger partial charge in [0, 0.05) is 30.4 Å². The predicted molar refractivity (Wildman–Crippen MR) is 104 cm³/mol. The Balaban J connectivity index is 1.42. The molecule has 2 heterocycles. The lowest BCUT2D eigenvalue weighted by molar-refractivity contribution is 0.414. The van der Waals surface area contributed by atoms with Crippen molar-refractivity contribution in [2.75, 3.05) is 17.7 Å². The third-order valence-electron chi connectivity index (χ3n) is 4.22. The third-order valence-corrected chi connectivity index (χ3v) is 4.80. The highest BCUT2D eigenvalue weighted by Gasteiger charge is 2.25.